The lowest BCUT2D eigenvalue weighted by Crippen LogP contribution is -1.97. The molecule has 0 saturated heterocycles. The average Bonchev–Trinajstić information content (AvgIpc) is 3.00. The second kappa shape index (κ2) is 15.4. The molecule has 4 aromatic rings. The van der Waals surface area contributed by atoms with Gasteiger partial charge in [-0.3, -0.25) is 0 Å². The molecule has 0 heterocycles. The Hall–Kier alpha value is -4.25. The predicted octanol–water partition coefficient (Wildman–Crippen LogP) is 10.7. The SMILES string of the molecule is CCCCCCCCCCOc1ccc(-c2ccc(C(=O)O)cc2)c(N=Nc2ccccc2-c2ccccc2)c1. The molecule has 0 fully saturated rings. The number of carboxylic acid groups (broad SMARTS) is 1. The van der Waals surface area contributed by atoms with Crippen molar-refractivity contribution >= 4 is 17.3 Å². The van der Waals surface area contributed by atoms with Gasteiger partial charge >= 0.3 is 5.97 Å². The molecule has 0 atom stereocenters. The number of unbranched alkanes of at least 4 members (excludes halogenated alkanes) is 7. The number of rotatable bonds is 15. The molecule has 0 unspecified atom stereocenters. The smallest absolute Gasteiger partial charge is 0.335 e. The molecule has 0 amide bonds. The van der Waals surface area contributed by atoms with Gasteiger partial charge in [-0.05, 0) is 47.9 Å². The Labute approximate surface area is 237 Å². The Morgan fingerprint density at radius 3 is 1.98 bits per heavy atom. The zero-order chi connectivity index (χ0) is 28.0. The summed E-state index contributed by atoms with van der Waals surface area (Å²) in [6, 6.07) is 30.7. The van der Waals surface area contributed by atoms with Crippen molar-refractivity contribution in [3.05, 3.63) is 103 Å². The first-order chi connectivity index (χ1) is 19.7. The van der Waals surface area contributed by atoms with E-state index in [1.54, 1.807) is 24.3 Å². The van der Waals surface area contributed by atoms with Gasteiger partial charge in [0.05, 0.1) is 23.5 Å². The van der Waals surface area contributed by atoms with Crippen LogP contribution in [0.3, 0.4) is 0 Å². The fourth-order valence-corrected chi connectivity index (χ4v) is 4.68. The molecule has 0 aliphatic carbocycles. The minimum atomic E-state index is -0.950. The highest BCUT2D eigenvalue weighted by Gasteiger charge is 2.10. The number of benzene rings is 4. The van der Waals surface area contributed by atoms with Gasteiger partial charge in [-0.15, -0.1) is 10.2 Å². The van der Waals surface area contributed by atoms with E-state index in [-0.39, 0.29) is 5.56 Å². The molecule has 0 aliphatic rings. The maximum absolute atomic E-state index is 11.3. The van der Waals surface area contributed by atoms with Gasteiger partial charge in [0.15, 0.2) is 0 Å². The lowest BCUT2D eigenvalue weighted by molar-refractivity contribution is 0.0697. The fraction of sp³-hybridized carbons (Fsp3) is 0.286. The number of hydrogen-bond acceptors (Lipinski definition) is 4. The summed E-state index contributed by atoms with van der Waals surface area (Å²) in [5.41, 5.74) is 5.48. The standard InChI is InChI=1S/C35H38N2O3/c1-2-3-4-5-6-7-8-14-25-40-30-23-24-32(28-19-21-29(22-20-28)35(38)39)34(26-30)37-36-33-18-13-12-17-31(33)27-15-10-9-11-16-27/h9-13,15-24,26H,2-8,14,25H2,1H3,(H,38,39). The summed E-state index contributed by atoms with van der Waals surface area (Å²) < 4.78 is 6.10. The third-order valence-electron chi connectivity index (χ3n) is 6.93. The molecule has 0 bridgehead atoms. The van der Waals surface area contributed by atoms with Gasteiger partial charge in [0.25, 0.3) is 0 Å². The molecule has 0 aromatic heterocycles. The van der Waals surface area contributed by atoms with E-state index >= 15 is 0 Å². The average molecular weight is 535 g/mol. The van der Waals surface area contributed by atoms with Gasteiger partial charge < -0.3 is 9.84 Å². The van der Waals surface area contributed by atoms with Crippen LogP contribution in [-0.2, 0) is 0 Å². The molecule has 5 nitrogen and oxygen atoms in total. The van der Waals surface area contributed by atoms with Crippen molar-refractivity contribution < 1.29 is 14.6 Å². The van der Waals surface area contributed by atoms with Gasteiger partial charge in [-0.25, -0.2) is 4.79 Å². The van der Waals surface area contributed by atoms with Gasteiger partial charge in [-0.2, -0.15) is 0 Å². The van der Waals surface area contributed by atoms with Crippen molar-refractivity contribution in [3.63, 3.8) is 0 Å². The normalized spacial score (nSPS) is 11.1. The summed E-state index contributed by atoms with van der Waals surface area (Å²) in [7, 11) is 0. The Bertz CT molecular complexity index is 1380. The molecule has 0 spiro atoms. The van der Waals surface area contributed by atoms with Crippen LogP contribution in [0.4, 0.5) is 11.4 Å². The number of carboxylic acids is 1. The summed E-state index contributed by atoms with van der Waals surface area (Å²) in [6.45, 7) is 2.91. The van der Waals surface area contributed by atoms with Crippen molar-refractivity contribution in [2.24, 2.45) is 10.2 Å². The van der Waals surface area contributed by atoms with Crippen LogP contribution < -0.4 is 4.74 Å². The van der Waals surface area contributed by atoms with Gasteiger partial charge in [0.1, 0.15) is 5.75 Å². The van der Waals surface area contributed by atoms with E-state index in [2.05, 4.69) is 29.3 Å². The molecule has 0 radical (unpaired) electrons. The third-order valence-corrected chi connectivity index (χ3v) is 6.93. The van der Waals surface area contributed by atoms with Crippen molar-refractivity contribution in [1.82, 2.24) is 0 Å². The van der Waals surface area contributed by atoms with Crippen LogP contribution >= 0.6 is 0 Å². The molecule has 0 aliphatic heterocycles. The molecular weight excluding hydrogens is 496 g/mol. The Morgan fingerprint density at radius 2 is 1.25 bits per heavy atom. The first kappa shape index (κ1) is 28.8. The van der Waals surface area contributed by atoms with Crippen LogP contribution in [0.5, 0.6) is 5.75 Å². The van der Waals surface area contributed by atoms with Crippen LogP contribution in [0.1, 0.15) is 68.6 Å². The Kier molecular flexibility index (Phi) is 11.0. The summed E-state index contributed by atoms with van der Waals surface area (Å²) >= 11 is 0. The maximum atomic E-state index is 11.3. The van der Waals surface area contributed by atoms with Gasteiger partial charge in [0, 0.05) is 17.2 Å². The van der Waals surface area contributed by atoms with E-state index in [1.807, 2.05) is 60.7 Å². The van der Waals surface area contributed by atoms with E-state index in [0.29, 0.717) is 12.3 Å². The van der Waals surface area contributed by atoms with Crippen LogP contribution in [-0.4, -0.2) is 17.7 Å². The fourth-order valence-electron chi connectivity index (χ4n) is 4.68. The van der Waals surface area contributed by atoms with Crippen molar-refractivity contribution in [1.29, 1.82) is 0 Å². The zero-order valence-electron chi connectivity index (χ0n) is 23.3. The first-order valence-corrected chi connectivity index (χ1v) is 14.3. The number of carbonyl (C=O) groups is 1. The van der Waals surface area contributed by atoms with E-state index in [4.69, 9.17) is 4.74 Å². The quantitative estimate of drug-likeness (QED) is 0.122. The number of hydrogen-bond donors (Lipinski definition) is 1. The highest BCUT2D eigenvalue weighted by molar-refractivity contribution is 5.89. The monoisotopic (exact) mass is 534 g/mol. The van der Waals surface area contributed by atoms with Crippen LogP contribution in [0.25, 0.3) is 22.3 Å². The molecule has 40 heavy (non-hydrogen) atoms. The number of nitrogens with zero attached hydrogens (tertiary/aromatic N) is 2. The molecule has 206 valence electrons. The zero-order valence-corrected chi connectivity index (χ0v) is 23.3. The van der Waals surface area contributed by atoms with Crippen molar-refractivity contribution in [2.75, 3.05) is 6.61 Å². The minimum Gasteiger partial charge on any atom is -0.494 e. The third kappa shape index (κ3) is 8.37. The summed E-state index contributed by atoms with van der Waals surface area (Å²) in [5.74, 6) is -0.201. The topological polar surface area (TPSA) is 71.2 Å². The van der Waals surface area contributed by atoms with Crippen molar-refractivity contribution in [2.45, 2.75) is 58.3 Å². The van der Waals surface area contributed by atoms with Crippen molar-refractivity contribution in [3.8, 4) is 28.0 Å². The molecule has 4 aromatic carbocycles. The van der Waals surface area contributed by atoms with Gasteiger partial charge in [0.2, 0.25) is 0 Å². The highest BCUT2D eigenvalue weighted by Crippen LogP contribution is 2.37. The van der Waals surface area contributed by atoms with E-state index in [9.17, 15) is 9.90 Å². The summed E-state index contributed by atoms with van der Waals surface area (Å²) in [4.78, 5) is 11.3. The van der Waals surface area contributed by atoms with E-state index in [1.165, 1.54) is 44.9 Å². The molecule has 1 N–H and O–H groups in total. The lowest BCUT2D eigenvalue weighted by Gasteiger charge is -2.11. The lowest BCUT2D eigenvalue weighted by atomic mass is 10.0. The van der Waals surface area contributed by atoms with E-state index in [0.717, 1.165) is 40.1 Å². The van der Waals surface area contributed by atoms with Gasteiger partial charge in [-0.1, -0.05) is 113 Å². The minimum absolute atomic E-state index is 0.244. The van der Waals surface area contributed by atoms with Crippen LogP contribution in [0.15, 0.2) is 107 Å². The second-order valence-corrected chi connectivity index (χ2v) is 9.97. The number of aromatic carboxylic acids is 1. The first-order valence-electron chi connectivity index (χ1n) is 14.3. The van der Waals surface area contributed by atoms with Crippen LogP contribution in [0, 0.1) is 0 Å². The maximum Gasteiger partial charge on any atom is 0.335 e. The summed E-state index contributed by atoms with van der Waals surface area (Å²) in [5, 5.41) is 18.6. The molecule has 4 rings (SSSR count). The predicted molar refractivity (Wildman–Crippen MR) is 163 cm³/mol. The summed E-state index contributed by atoms with van der Waals surface area (Å²) in [6.07, 6.45) is 10.0. The van der Waals surface area contributed by atoms with Crippen LogP contribution in [0.2, 0.25) is 0 Å². The largest absolute Gasteiger partial charge is 0.494 e. The van der Waals surface area contributed by atoms with E-state index < -0.39 is 5.97 Å². The highest BCUT2D eigenvalue weighted by atomic mass is 16.5. The Balaban J connectivity index is 1.52. The molecule has 0 saturated carbocycles. The molecule has 5 heteroatoms. The molecular formula is C35H38N2O3. The second-order valence-electron chi connectivity index (χ2n) is 9.97. The number of ether oxygens (including phenoxy) is 1. The number of azo groups is 1. The Morgan fingerprint density at radius 1 is 0.650 bits per heavy atom.